The van der Waals surface area contributed by atoms with Crippen molar-refractivity contribution in [1.29, 1.82) is 5.26 Å². The van der Waals surface area contributed by atoms with Crippen molar-refractivity contribution >= 4 is 11.8 Å². The minimum Gasteiger partial charge on any atom is -0.497 e. The Labute approximate surface area is 189 Å². The quantitative estimate of drug-likeness (QED) is 0.387. The highest BCUT2D eigenvalue weighted by molar-refractivity contribution is 7.99. The molecule has 31 heavy (non-hydrogen) atoms. The molecule has 0 radical (unpaired) electrons. The van der Waals surface area contributed by atoms with Gasteiger partial charge in [-0.3, -0.25) is 0 Å². The summed E-state index contributed by atoms with van der Waals surface area (Å²) in [4.78, 5) is 4.96. The maximum atomic E-state index is 10.1. The molecule has 1 aliphatic carbocycles. The zero-order valence-electron chi connectivity index (χ0n) is 18.2. The Kier molecular flexibility index (Phi) is 6.94. The molecule has 0 unspecified atom stereocenters. The molecule has 4 heteroatoms. The average Bonchev–Trinajstić information content (AvgIpc) is 2.83. The van der Waals surface area contributed by atoms with Crippen LogP contribution in [0.4, 0.5) is 0 Å². The van der Waals surface area contributed by atoms with Gasteiger partial charge >= 0.3 is 0 Å². The van der Waals surface area contributed by atoms with E-state index in [0.29, 0.717) is 5.56 Å². The second kappa shape index (κ2) is 10.0. The monoisotopic (exact) mass is 428 g/mol. The Morgan fingerprint density at radius 2 is 1.68 bits per heavy atom. The van der Waals surface area contributed by atoms with Crippen LogP contribution in [0.15, 0.2) is 59.6 Å². The molecule has 0 bridgehead atoms. The number of hydrogen-bond acceptors (Lipinski definition) is 4. The number of methoxy groups -OCH3 is 1. The first-order valence-corrected chi connectivity index (χ1v) is 12.0. The van der Waals surface area contributed by atoms with E-state index in [-0.39, 0.29) is 0 Å². The summed E-state index contributed by atoms with van der Waals surface area (Å²) in [5, 5.41) is 10.9. The van der Waals surface area contributed by atoms with Crippen molar-refractivity contribution in [3.8, 4) is 34.2 Å². The molecule has 2 aromatic carbocycles. The summed E-state index contributed by atoms with van der Waals surface area (Å²) >= 11 is 1.75. The molecule has 3 nitrogen and oxygen atoms in total. The lowest BCUT2D eigenvalue weighted by atomic mass is 9.91. The molecule has 0 saturated heterocycles. The topological polar surface area (TPSA) is 45.9 Å². The predicted octanol–water partition coefficient (Wildman–Crippen LogP) is 7.28. The Bertz CT molecular complexity index is 1060. The summed E-state index contributed by atoms with van der Waals surface area (Å²) in [5.41, 5.74) is 5.82. The van der Waals surface area contributed by atoms with E-state index in [1.165, 1.54) is 37.7 Å². The fourth-order valence-electron chi connectivity index (χ4n) is 4.16. The number of nitriles is 1. The smallest absolute Gasteiger partial charge is 0.118 e. The summed E-state index contributed by atoms with van der Waals surface area (Å²) in [5.74, 6) is 2.56. The van der Waals surface area contributed by atoms with Gasteiger partial charge in [0.2, 0.25) is 0 Å². The third-order valence-corrected chi connectivity index (χ3v) is 7.23. The van der Waals surface area contributed by atoms with E-state index in [0.717, 1.165) is 44.8 Å². The molecule has 1 saturated carbocycles. The van der Waals surface area contributed by atoms with Crippen molar-refractivity contribution in [3.63, 3.8) is 0 Å². The van der Waals surface area contributed by atoms with Gasteiger partial charge in [-0.25, -0.2) is 4.98 Å². The molecule has 4 rings (SSSR count). The molecule has 1 heterocycles. The number of thioether (sulfide) groups is 1. The maximum Gasteiger partial charge on any atom is 0.118 e. The number of hydrogen-bond donors (Lipinski definition) is 0. The molecule has 1 aromatic heterocycles. The molecule has 0 N–H and O–H groups in total. The largest absolute Gasteiger partial charge is 0.497 e. The maximum absolute atomic E-state index is 10.1. The third-order valence-electron chi connectivity index (χ3n) is 6.03. The van der Waals surface area contributed by atoms with Crippen LogP contribution in [0.25, 0.3) is 22.4 Å². The molecule has 0 atom stereocenters. The van der Waals surface area contributed by atoms with Gasteiger partial charge in [-0.1, -0.05) is 61.2 Å². The molecule has 1 fully saturated rings. The zero-order valence-corrected chi connectivity index (χ0v) is 19.0. The molecule has 0 aliphatic heterocycles. The van der Waals surface area contributed by atoms with E-state index in [1.807, 2.05) is 24.3 Å². The van der Waals surface area contributed by atoms with Crippen molar-refractivity contribution < 1.29 is 4.74 Å². The average molecular weight is 429 g/mol. The number of aryl methyl sites for hydroxylation is 1. The molecule has 158 valence electrons. The number of aromatic nitrogens is 1. The summed E-state index contributed by atoms with van der Waals surface area (Å²) in [6, 6.07) is 20.9. The number of rotatable bonds is 6. The Morgan fingerprint density at radius 3 is 2.32 bits per heavy atom. The van der Waals surface area contributed by atoms with Crippen LogP contribution in [-0.2, 0) is 0 Å². The van der Waals surface area contributed by atoms with E-state index < -0.39 is 0 Å². The van der Waals surface area contributed by atoms with Crippen LogP contribution in [0.2, 0.25) is 0 Å². The zero-order chi connectivity index (χ0) is 21.6. The van der Waals surface area contributed by atoms with Crippen LogP contribution in [0.3, 0.4) is 0 Å². The van der Waals surface area contributed by atoms with E-state index in [1.54, 1.807) is 18.9 Å². The van der Waals surface area contributed by atoms with E-state index in [2.05, 4.69) is 43.3 Å². The van der Waals surface area contributed by atoms with E-state index >= 15 is 0 Å². The highest BCUT2D eigenvalue weighted by Gasteiger charge is 2.19. The van der Waals surface area contributed by atoms with E-state index in [9.17, 15) is 5.26 Å². The van der Waals surface area contributed by atoms with Gasteiger partial charge in [-0.2, -0.15) is 5.26 Å². The number of pyridine rings is 1. The Morgan fingerprint density at radius 1 is 1.00 bits per heavy atom. The van der Waals surface area contributed by atoms with Crippen molar-refractivity contribution in [2.24, 2.45) is 5.92 Å². The minimum absolute atomic E-state index is 0.668. The van der Waals surface area contributed by atoms with Crippen molar-refractivity contribution in [1.82, 2.24) is 4.98 Å². The fraction of sp³-hybridized carbons (Fsp3) is 0.333. The van der Waals surface area contributed by atoms with Gasteiger partial charge in [0.1, 0.15) is 16.8 Å². The number of benzene rings is 2. The van der Waals surface area contributed by atoms with Gasteiger partial charge in [0.05, 0.1) is 18.4 Å². The van der Waals surface area contributed by atoms with Crippen molar-refractivity contribution in [2.75, 3.05) is 12.9 Å². The van der Waals surface area contributed by atoms with Gasteiger partial charge in [-0.05, 0) is 49.4 Å². The predicted molar refractivity (Wildman–Crippen MR) is 128 cm³/mol. The van der Waals surface area contributed by atoms with E-state index in [4.69, 9.17) is 9.72 Å². The number of ether oxygens (including phenoxy) is 1. The standard InChI is InChI=1S/C27H28N2OS/c1-19-8-10-22(11-9-19)26-16-24(21-12-14-23(30-2)15-13-21)25(17-28)27(29-26)31-18-20-6-4-3-5-7-20/h8-16,20H,3-7,18H2,1-2H3. The summed E-state index contributed by atoms with van der Waals surface area (Å²) in [6.07, 6.45) is 6.58. The molecule has 1 aliphatic rings. The highest BCUT2D eigenvalue weighted by Crippen LogP contribution is 2.37. The first-order chi connectivity index (χ1) is 15.2. The van der Waals surface area contributed by atoms with Crippen molar-refractivity contribution in [2.45, 2.75) is 44.1 Å². The highest BCUT2D eigenvalue weighted by atomic mass is 32.2. The fourth-order valence-corrected chi connectivity index (χ4v) is 5.34. The third kappa shape index (κ3) is 5.11. The Balaban J connectivity index is 1.76. The van der Waals surface area contributed by atoms with Gasteiger partial charge in [0.15, 0.2) is 0 Å². The van der Waals surface area contributed by atoms with Crippen LogP contribution in [0.5, 0.6) is 5.75 Å². The molecule has 3 aromatic rings. The van der Waals surface area contributed by atoms with Gasteiger partial charge in [0, 0.05) is 16.9 Å². The second-order valence-electron chi connectivity index (χ2n) is 8.26. The molecule has 0 spiro atoms. The van der Waals surface area contributed by atoms with Crippen LogP contribution < -0.4 is 4.74 Å². The van der Waals surface area contributed by atoms with Gasteiger partial charge in [0.25, 0.3) is 0 Å². The van der Waals surface area contributed by atoms with Crippen molar-refractivity contribution in [3.05, 3.63) is 65.7 Å². The first-order valence-electron chi connectivity index (χ1n) is 11.0. The molecule has 0 amide bonds. The lowest BCUT2D eigenvalue weighted by Gasteiger charge is -2.21. The SMILES string of the molecule is COc1ccc(-c2cc(-c3ccc(C)cc3)nc(SCC3CCCCC3)c2C#N)cc1. The number of nitrogens with zero attached hydrogens (tertiary/aromatic N) is 2. The summed E-state index contributed by atoms with van der Waals surface area (Å²) < 4.78 is 5.31. The molecular weight excluding hydrogens is 400 g/mol. The van der Waals surface area contributed by atoms with Crippen LogP contribution in [0.1, 0.15) is 43.2 Å². The van der Waals surface area contributed by atoms with Crippen LogP contribution in [-0.4, -0.2) is 17.8 Å². The normalized spacial score (nSPS) is 14.2. The second-order valence-corrected chi connectivity index (χ2v) is 9.27. The lowest BCUT2D eigenvalue weighted by Crippen LogP contribution is -2.09. The molecular formula is C27H28N2OS. The summed E-state index contributed by atoms with van der Waals surface area (Å²) in [7, 11) is 1.66. The lowest BCUT2D eigenvalue weighted by molar-refractivity contribution is 0.391. The van der Waals surface area contributed by atoms with Gasteiger partial charge in [-0.15, -0.1) is 11.8 Å². The van der Waals surface area contributed by atoms with Crippen LogP contribution >= 0.6 is 11.8 Å². The Hall–Kier alpha value is -2.77. The van der Waals surface area contributed by atoms with Gasteiger partial charge < -0.3 is 4.74 Å². The first kappa shape index (κ1) is 21.5. The summed E-state index contributed by atoms with van der Waals surface area (Å²) in [6.45, 7) is 2.09. The minimum atomic E-state index is 0.668. The van der Waals surface area contributed by atoms with Crippen LogP contribution in [0, 0.1) is 24.2 Å².